The second-order valence-corrected chi connectivity index (χ2v) is 7.05. The van der Waals surface area contributed by atoms with Gasteiger partial charge in [0, 0.05) is 10.6 Å². The Morgan fingerprint density at radius 3 is 2.43 bits per heavy atom. The number of hydrogen-bond acceptors (Lipinski definition) is 4. The number of hydrogen-bond donors (Lipinski definition) is 1. The van der Waals surface area contributed by atoms with Gasteiger partial charge in [-0.05, 0) is 49.4 Å². The van der Waals surface area contributed by atoms with Crippen molar-refractivity contribution in [3.63, 3.8) is 0 Å². The van der Waals surface area contributed by atoms with Crippen molar-refractivity contribution in [1.29, 1.82) is 0 Å². The molecule has 0 radical (unpaired) electrons. The highest BCUT2D eigenvalue weighted by atomic mass is 32.2. The van der Waals surface area contributed by atoms with E-state index >= 15 is 0 Å². The summed E-state index contributed by atoms with van der Waals surface area (Å²) in [6, 6.07) is 8.63. The smallest absolute Gasteiger partial charge is 0.327 e. The summed E-state index contributed by atoms with van der Waals surface area (Å²) in [6.07, 6.45) is 2.20. The zero-order valence-electron chi connectivity index (χ0n) is 13.3. The number of carbonyl (C=O) groups excluding carboxylic acids is 1. The number of esters is 1. The zero-order valence-corrected chi connectivity index (χ0v) is 14.1. The summed E-state index contributed by atoms with van der Waals surface area (Å²) >= 11 is 1.72. The molecule has 1 aliphatic carbocycles. The van der Waals surface area contributed by atoms with Crippen LogP contribution in [0.25, 0.3) is 0 Å². The first kappa shape index (κ1) is 16.4. The van der Waals surface area contributed by atoms with Gasteiger partial charge in [0.25, 0.3) is 0 Å². The van der Waals surface area contributed by atoms with E-state index in [1.54, 1.807) is 11.8 Å². The van der Waals surface area contributed by atoms with Gasteiger partial charge >= 0.3 is 5.97 Å². The van der Waals surface area contributed by atoms with Crippen molar-refractivity contribution in [3.05, 3.63) is 29.8 Å². The summed E-state index contributed by atoms with van der Waals surface area (Å²) in [4.78, 5) is 13.4. The van der Waals surface area contributed by atoms with Crippen LogP contribution in [-0.2, 0) is 9.53 Å². The topological polar surface area (TPSA) is 38.3 Å². The molecule has 1 unspecified atom stereocenters. The van der Waals surface area contributed by atoms with Crippen LogP contribution >= 0.6 is 11.8 Å². The van der Waals surface area contributed by atoms with Gasteiger partial charge in [-0.2, -0.15) is 0 Å². The Morgan fingerprint density at radius 2 is 2.00 bits per heavy atom. The third kappa shape index (κ3) is 3.61. The normalized spacial score (nSPS) is 17.6. The Kier molecular flexibility index (Phi) is 5.33. The number of carbonyl (C=O) groups is 1. The third-order valence-corrected chi connectivity index (χ3v) is 5.49. The van der Waals surface area contributed by atoms with Crippen LogP contribution in [0.3, 0.4) is 0 Å². The SMILES string of the molecule is CNC(CSc1ccc(C(C)C)cc1)(C(=O)OC)C1CC1. The Labute approximate surface area is 131 Å². The molecule has 4 heteroatoms. The van der Waals surface area contributed by atoms with Gasteiger partial charge in [0.1, 0.15) is 5.54 Å². The molecule has 1 aliphatic rings. The molecule has 1 aromatic carbocycles. The van der Waals surface area contributed by atoms with Gasteiger partial charge in [0.05, 0.1) is 7.11 Å². The second kappa shape index (κ2) is 6.84. The van der Waals surface area contributed by atoms with Crippen LogP contribution in [0.1, 0.15) is 38.2 Å². The lowest BCUT2D eigenvalue weighted by molar-refractivity contribution is -0.148. The van der Waals surface area contributed by atoms with Crippen LogP contribution in [0.15, 0.2) is 29.2 Å². The van der Waals surface area contributed by atoms with Gasteiger partial charge < -0.3 is 10.1 Å². The van der Waals surface area contributed by atoms with E-state index in [1.807, 2.05) is 7.05 Å². The summed E-state index contributed by atoms with van der Waals surface area (Å²) in [5.41, 5.74) is 0.797. The Morgan fingerprint density at radius 1 is 1.38 bits per heavy atom. The molecule has 1 saturated carbocycles. The number of nitrogens with one attached hydrogen (secondary N) is 1. The van der Waals surface area contributed by atoms with E-state index in [1.165, 1.54) is 17.6 Å². The largest absolute Gasteiger partial charge is 0.468 e. The molecule has 0 heterocycles. The minimum Gasteiger partial charge on any atom is -0.468 e. The Balaban J connectivity index is 2.06. The number of benzene rings is 1. The molecular formula is C17H25NO2S. The monoisotopic (exact) mass is 307 g/mol. The summed E-state index contributed by atoms with van der Waals surface area (Å²) in [5, 5.41) is 3.23. The lowest BCUT2D eigenvalue weighted by Gasteiger charge is -2.30. The molecule has 0 bridgehead atoms. The third-order valence-electron chi connectivity index (χ3n) is 4.28. The Bertz CT molecular complexity index is 482. The highest BCUT2D eigenvalue weighted by Crippen LogP contribution is 2.43. The quantitative estimate of drug-likeness (QED) is 0.618. The molecule has 21 heavy (non-hydrogen) atoms. The molecular weight excluding hydrogens is 282 g/mol. The van der Waals surface area contributed by atoms with Gasteiger partial charge in [-0.3, -0.25) is 4.79 Å². The number of thioether (sulfide) groups is 1. The molecule has 1 fully saturated rings. The maximum absolute atomic E-state index is 12.2. The number of likely N-dealkylation sites (N-methyl/N-ethyl adjacent to an activating group) is 1. The van der Waals surface area contributed by atoms with E-state index in [-0.39, 0.29) is 5.97 Å². The first-order valence-corrected chi connectivity index (χ1v) is 8.52. The van der Waals surface area contributed by atoms with Gasteiger partial charge in [0.15, 0.2) is 0 Å². The van der Waals surface area contributed by atoms with E-state index < -0.39 is 5.54 Å². The fourth-order valence-corrected chi connectivity index (χ4v) is 3.85. The molecule has 0 aliphatic heterocycles. The van der Waals surface area contributed by atoms with E-state index in [4.69, 9.17) is 4.74 Å². The second-order valence-electron chi connectivity index (χ2n) is 6.00. The minimum atomic E-state index is -0.545. The van der Waals surface area contributed by atoms with Crippen LogP contribution < -0.4 is 5.32 Å². The summed E-state index contributed by atoms with van der Waals surface area (Å²) in [6.45, 7) is 4.39. The molecule has 0 spiro atoms. The van der Waals surface area contributed by atoms with Crippen molar-refractivity contribution in [2.24, 2.45) is 5.92 Å². The maximum Gasteiger partial charge on any atom is 0.327 e. The molecule has 0 aromatic heterocycles. The van der Waals surface area contributed by atoms with Gasteiger partial charge in [-0.25, -0.2) is 0 Å². The van der Waals surface area contributed by atoms with Gasteiger partial charge in [-0.15, -0.1) is 11.8 Å². The van der Waals surface area contributed by atoms with E-state index in [2.05, 4.69) is 43.4 Å². The zero-order chi connectivity index (χ0) is 15.5. The summed E-state index contributed by atoms with van der Waals surface area (Å²) in [7, 11) is 3.33. The van der Waals surface area contributed by atoms with E-state index in [9.17, 15) is 4.79 Å². The highest BCUT2D eigenvalue weighted by Gasteiger charge is 2.50. The van der Waals surface area contributed by atoms with Crippen LogP contribution in [0.5, 0.6) is 0 Å². The van der Waals surface area contributed by atoms with Crippen molar-refractivity contribution in [2.45, 2.75) is 43.0 Å². The molecule has 3 nitrogen and oxygen atoms in total. The van der Waals surface area contributed by atoms with Crippen LogP contribution in [0.4, 0.5) is 0 Å². The van der Waals surface area contributed by atoms with Crippen molar-refractivity contribution < 1.29 is 9.53 Å². The standard InChI is InChI=1S/C17H25NO2S/c1-12(2)13-5-9-15(10-6-13)21-11-17(18-3,14-7-8-14)16(19)20-4/h5-6,9-10,12,14,18H,7-8,11H2,1-4H3. The van der Waals surface area contributed by atoms with E-state index in [0.29, 0.717) is 17.6 Å². The maximum atomic E-state index is 12.2. The number of rotatable bonds is 7. The fraction of sp³-hybridized carbons (Fsp3) is 0.588. The van der Waals surface area contributed by atoms with Crippen molar-refractivity contribution in [3.8, 4) is 0 Å². The lowest BCUT2D eigenvalue weighted by atomic mass is 9.96. The van der Waals surface area contributed by atoms with E-state index in [0.717, 1.165) is 12.8 Å². The highest BCUT2D eigenvalue weighted by molar-refractivity contribution is 7.99. The lowest BCUT2D eigenvalue weighted by Crippen LogP contribution is -2.55. The molecule has 116 valence electrons. The predicted molar refractivity (Wildman–Crippen MR) is 87.8 cm³/mol. The summed E-state index contributed by atoms with van der Waals surface area (Å²) < 4.78 is 5.03. The average Bonchev–Trinajstić information content (AvgIpc) is 3.33. The average molecular weight is 307 g/mol. The summed E-state index contributed by atoms with van der Waals surface area (Å²) in [5.74, 6) is 1.51. The fourth-order valence-electron chi connectivity index (χ4n) is 2.63. The van der Waals surface area contributed by atoms with Crippen molar-refractivity contribution >= 4 is 17.7 Å². The first-order chi connectivity index (χ1) is 10.0. The van der Waals surface area contributed by atoms with Crippen molar-refractivity contribution in [2.75, 3.05) is 19.9 Å². The van der Waals surface area contributed by atoms with Crippen LogP contribution in [-0.4, -0.2) is 31.4 Å². The van der Waals surface area contributed by atoms with Crippen molar-refractivity contribution in [1.82, 2.24) is 5.32 Å². The molecule has 2 rings (SSSR count). The molecule has 0 saturated heterocycles. The first-order valence-electron chi connectivity index (χ1n) is 7.53. The molecule has 1 atom stereocenters. The Hall–Kier alpha value is -1.00. The molecule has 0 amide bonds. The van der Waals surface area contributed by atoms with Crippen LogP contribution in [0.2, 0.25) is 0 Å². The predicted octanol–water partition coefficient (Wildman–Crippen LogP) is 3.44. The molecule has 1 N–H and O–H groups in total. The number of ether oxygens (including phenoxy) is 1. The number of methoxy groups -OCH3 is 1. The van der Waals surface area contributed by atoms with Gasteiger partial charge in [-0.1, -0.05) is 26.0 Å². The van der Waals surface area contributed by atoms with Crippen LogP contribution in [0, 0.1) is 5.92 Å². The van der Waals surface area contributed by atoms with Gasteiger partial charge in [0.2, 0.25) is 0 Å². The molecule has 1 aromatic rings. The minimum absolute atomic E-state index is 0.140.